The van der Waals surface area contributed by atoms with Gasteiger partial charge in [0.2, 0.25) is 0 Å². The van der Waals surface area contributed by atoms with Crippen LogP contribution < -0.4 is 5.43 Å². The topological polar surface area (TPSA) is 91.0 Å². The van der Waals surface area contributed by atoms with E-state index in [1.807, 2.05) is 25.2 Å². The van der Waals surface area contributed by atoms with E-state index in [0.29, 0.717) is 52.1 Å². The first-order valence-electron chi connectivity index (χ1n) is 11.6. The molecule has 0 saturated heterocycles. The lowest BCUT2D eigenvalue weighted by atomic mass is 9.90. The molecule has 1 aliphatic carbocycles. The van der Waals surface area contributed by atoms with Crippen molar-refractivity contribution in [3.05, 3.63) is 111 Å². The highest BCUT2D eigenvalue weighted by Gasteiger charge is 2.22. The van der Waals surface area contributed by atoms with Crippen LogP contribution in [0.4, 0.5) is 0 Å². The van der Waals surface area contributed by atoms with Crippen LogP contribution in [-0.2, 0) is 13.1 Å². The Labute approximate surface area is 208 Å². The molecule has 0 spiro atoms. The highest BCUT2D eigenvalue weighted by atomic mass is 16.4. The number of fused-ring (bicyclic) bond motifs is 2. The Kier molecular flexibility index (Phi) is 6.04. The number of carboxylic acid groups (broad SMARTS) is 1. The Balaban J connectivity index is 1.69. The summed E-state index contributed by atoms with van der Waals surface area (Å²) in [6.45, 7) is 3.24. The zero-order valence-corrected chi connectivity index (χ0v) is 20.0. The second kappa shape index (κ2) is 9.32. The summed E-state index contributed by atoms with van der Waals surface area (Å²) in [7, 11) is 1.98. The molecule has 0 radical (unpaired) electrons. The molecule has 3 aromatic rings. The van der Waals surface area contributed by atoms with Crippen LogP contribution in [0.1, 0.15) is 27.0 Å². The SMILES string of the molecule is Cc1ccccc1CN(C)Cc1cc2c(-c3ccccc3C(=O)O)c3ccc(=O)cc-3oc2cc1O. The summed E-state index contributed by atoms with van der Waals surface area (Å²) in [4.78, 5) is 26.2. The molecule has 180 valence electrons. The average molecular weight is 480 g/mol. The van der Waals surface area contributed by atoms with Gasteiger partial charge in [0.15, 0.2) is 5.43 Å². The fourth-order valence-electron chi connectivity index (χ4n) is 4.68. The number of aromatic hydroxyl groups is 1. The molecule has 6 heteroatoms. The van der Waals surface area contributed by atoms with Gasteiger partial charge < -0.3 is 14.6 Å². The molecule has 3 aromatic carbocycles. The van der Waals surface area contributed by atoms with Crippen molar-refractivity contribution < 1.29 is 19.4 Å². The summed E-state index contributed by atoms with van der Waals surface area (Å²) >= 11 is 0. The first-order valence-corrected chi connectivity index (χ1v) is 11.6. The van der Waals surface area contributed by atoms with Gasteiger partial charge >= 0.3 is 5.97 Å². The quantitative estimate of drug-likeness (QED) is 0.294. The lowest BCUT2D eigenvalue weighted by Crippen LogP contribution is -2.18. The number of nitrogens with zero attached hydrogens (tertiary/aromatic N) is 1. The molecular formula is C30H25NO5. The lowest BCUT2D eigenvalue weighted by Gasteiger charge is -2.21. The third kappa shape index (κ3) is 4.34. The van der Waals surface area contributed by atoms with Crippen LogP contribution in [0.2, 0.25) is 0 Å². The number of carbonyl (C=O) groups is 1. The van der Waals surface area contributed by atoms with Crippen molar-refractivity contribution in [3.63, 3.8) is 0 Å². The van der Waals surface area contributed by atoms with Crippen LogP contribution in [0.15, 0.2) is 88.1 Å². The highest BCUT2D eigenvalue weighted by Crippen LogP contribution is 2.42. The predicted molar refractivity (Wildman–Crippen MR) is 140 cm³/mol. The van der Waals surface area contributed by atoms with E-state index in [2.05, 4.69) is 24.0 Å². The zero-order chi connectivity index (χ0) is 25.4. The predicted octanol–water partition coefficient (Wildman–Crippen LogP) is 5.91. The van der Waals surface area contributed by atoms with Crippen LogP contribution >= 0.6 is 0 Å². The van der Waals surface area contributed by atoms with E-state index < -0.39 is 5.97 Å². The van der Waals surface area contributed by atoms with Gasteiger partial charge in [0.1, 0.15) is 17.1 Å². The molecule has 0 aromatic heterocycles. The molecule has 6 nitrogen and oxygen atoms in total. The maximum absolute atomic E-state index is 12.1. The number of aromatic carboxylic acids is 1. The second-order valence-electron chi connectivity index (χ2n) is 9.06. The molecule has 0 amide bonds. The molecule has 0 fully saturated rings. The van der Waals surface area contributed by atoms with Gasteiger partial charge in [0.05, 0.1) is 5.56 Å². The summed E-state index contributed by atoms with van der Waals surface area (Å²) in [6.07, 6.45) is 0. The fourth-order valence-corrected chi connectivity index (χ4v) is 4.68. The molecule has 1 aliphatic heterocycles. The number of benzene rings is 4. The third-order valence-electron chi connectivity index (χ3n) is 6.46. The number of hydrogen-bond donors (Lipinski definition) is 2. The molecule has 5 rings (SSSR count). The van der Waals surface area contributed by atoms with E-state index in [1.54, 1.807) is 30.3 Å². The molecule has 0 unspecified atom stereocenters. The van der Waals surface area contributed by atoms with Crippen molar-refractivity contribution >= 4 is 16.9 Å². The van der Waals surface area contributed by atoms with Crippen LogP contribution in [0, 0.1) is 6.92 Å². The smallest absolute Gasteiger partial charge is 0.336 e. The number of hydrogen-bond acceptors (Lipinski definition) is 5. The molecular weight excluding hydrogens is 454 g/mol. The largest absolute Gasteiger partial charge is 0.507 e. The standard InChI is InChI=1S/C30H25NO5/c1-18-7-3-4-8-19(18)16-31(2)17-20-13-25-28(15-26(20)33)36-27-14-21(32)11-12-24(27)29(25)22-9-5-6-10-23(22)30(34)35/h3-15,33H,16-17H2,1-2H3,(H,34,35). The maximum Gasteiger partial charge on any atom is 0.336 e. The van der Waals surface area contributed by atoms with Crippen molar-refractivity contribution in [2.75, 3.05) is 7.05 Å². The van der Waals surface area contributed by atoms with Gasteiger partial charge in [-0.15, -0.1) is 0 Å². The summed E-state index contributed by atoms with van der Waals surface area (Å²) < 4.78 is 6.02. The Morgan fingerprint density at radius 1 is 0.889 bits per heavy atom. The van der Waals surface area contributed by atoms with Gasteiger partial charge in [0.25, 0.3) is 0 Å². The highest BCUT2D eigenvalue weighted by molar-refractivity contribution is 6.07. The lowest BCUT2D eigenvalue weighted by molar-refractivity contribution is 0.0697. The summed E-state index contributed by atoms with van der Waals surface area (Å²) in [5.41, 5.74) is 5.15. The van der Waals surface area contributed by atoms with E-state index in [-0.39, 0.29) is 16.7 Å². The van der Waals surface area contributed by atoms with Gasteiger partial charge in [-0.05, 0) is 54.9 Å². The van der Waals surface area contributed by atoms with E-state index in [0.717, 1.165) is 0 Å². The van der Waals surface area contributed by atoms with Crippen LogP contribution in [-0.4, -0.2) is 28.1 Å². The zero-order valence-electron chi connectivity index (χ0n) is 20.0. The molecule has 0 saturated carbocycles. The minimum atomic E-state index is -1.05. The summed E-state index contributed by atoms with van der Waals surface area (Å²) in [5.74, 6) is -0.655. The first kappa shape index (κ1) is 23.3. The molecule has 2 N–H and O–H groups in total. The minimum absolute atomic E-state index is 0.0676. The summed E-state index contributed by atoms with van der Waals surface area (Å²) in [5, 5.41) is 21.4. The van der Waals surface area contributed by atoms with E-state index >= 15 is 0 Å². The number of phenols is 1. The molecule has 0 bridgehead atoms. The van der Waals surface area contributed by atoms with Gasteiger partial charge in [-0.2, -0.15) is 0 Å². The monoisotopic (exact) mass is 479 g/mol. The second-order valence-corrected chi connectivity index (χ2v) is 9.06. The first-order chi connectivity index (χ1) is 17.3. The Morgan fingerprint density at radius 3 is 2.39 bits per heavy atom. The normalized spacial score (nSPS) is 11.4. The van der Waals surface area contributed by atoms with Gasteiger partial charge in [-0.25, -0.2) is 4.79 Å². The van der Waals surface area contributed by atoms with Crippen molar-refractivity contribution in [2.24, 2.45) is 0 Å². The van der Waals surface area contributed by atoms with E-state index in [4.69, 9.17) is 4.42 Å². The van der Waals surface area contributed by atoms with Crippen molar-refractivity contribution in [2.45, 2.75) is 20.0 Å². The molecule has 36 heavy (non-hydrogen) atoms. The Morgan fingerprint density at radius 2 is 1.61 bits per heavy atom. The Hall–Kier alpha value is -4.42. The van der Waals surface area contributed by atoms with Crippen molar-refractivity contribution in [1.82, 2.24) is 4.90 Å². The van der Waals surface area contributed by atoms with E-state index in [1.165, 1.54) is 29.3 Å². The third-order valence-corrected chi connectivity index (χ3v) is 6.46. The molecule has 2 aliphatic rings. The van der Waals surface area contributed by atoms with Crippen LogP contribution in [0.25, 0.3) is 33.4 Å². The van der Waals surface area contributed by atoms with E-state index in [9.17, 15) is 19.8 Å². The maximum atomic E-state index is 12.1. The molecule has 0 atom stereocenters. The number of aryl methyl sites for hydroxylation is 1. The van der Waals surface area contributed by atoms with Crippen molar-refractivity contribution in [3.8, 4) is 28.2 Å². The molecule has 1 heterocycles. The van der Waals surface area contributed by atoms with Crippen LogP contribution in [0.5, 0.6) is 5.75 Å². The number of phenolic OH excluding ortho intramolecular Hbond substituents is 1. The van der Waals surface area contributed by atoms with Crippen molar-refractivity contribution in [1.29, 1.82) is 0 Å². The average Bonchev–Trinajstić information content (AvgIpc) is 2.84. The van der Waals surface area contributed by atoms with Gasteiger partial charge in [0, 0.05) is 47.3 Å². The van der Waals surface area contributed by atoms with Gasteiger partial charge in [-0.3, -0.25) is 9.69 Å². The van der Waals surface area contributed by atoms with Gasteiger partial charge in [-0.1, -0.05) is 42.5 Å². The number of rotatable bonds is 6. The summed E-state index contributed by atoms with van der Waals surface area (Å²) in [6, 6.07) is 22.8. The fraction of sp³-hybridized carbons (Fsp3) is 0.133. The Bertz CT molecular complexity index is 1630. The minimum Gasteiger partial charge on any atom is -0.507 e. The van der Waals surface area contributed by atoms with Crippen LogP contribution in [0.3, 0.4) is 0 Å². The number of carboxylic acids is 1.